The Morgan fingerprint density at radius 3 is 2.54 bits per heavy atom. The van der Waals surface area contributed by atoms with Crippen LogP contribution in [-0.4, -0.2) is 0 Å². The molecule has 0 aromatic heterocycles. The van der Waals surface area contributed by atoms with Gasteiger partial charge in [0, 0.05) is 0 Å². The van der Waals surface area contributed by atoms with E-state index in [-0.39, 0.29) is 5.82 Å². The fourth-order valence-electron chi connectivity index (χ4n) is 1.77. The second-order valence-corrected chi connectivity index (χ2v) is 5.27. The van der Waals surface area contributed by atoms with Gasteiger partial charge in [-0.25, -0.2) is 4.39 Å². The van der Waals surface area contributed by atoms with Crippen LogP contribution in [0.2, 0.25) is 0 Å². The predicted octanol–water partition coefficient (Wildman–Crippen LogP) is 4.10. The van der Waals surface area contributed by atoms with E-state index in [2.05, 4.69) is 29.8 Å². The molecule has 1 atom stereocenters. The minimum atomic E-state index is -0.153. The van der Waals surface area contributed by atoms with E-state index in [1.807, 2.05) is 6.07 Å². The molecule has 0 amide bonds. The Morgan fingerprint density at radius 1 is 1.46 bits per heavy atom. The van der Waals surface area contributed by atoms with Gasteiger partial charge in [0.1, 0.15) is 5.82 Å². The van der Waals surface area contributed by atoms with Gasteiger partial charge in [-0.3, -0.25) is 0 Å². The molecule has 0 radical (unpaired) electrons. The lowest BCUT2D eigenvalue weighted by molar-refractivity contribution is 0.605. The highest BCUT2D eigenvalue weighted by Crippen LogP contribution is 2.58. The van der Waals surface area contributed by atoms with Crippen LogP contribution in [0.5, 0.6) is 0 Å². The molecule has 1 fully saturated rings. The maximum atomic E-state index is 13.2. The fraction of sp³-hybridized carbons (Fsp3) is 0.455. The molecule has 0 saturated heterocycles. The lowest BCUT2D eigenvalue weighted by atomic mass is 10.0. The van der Waals surface area contributed by atoms with Gasteiger partial charge in [0.25, 0.3) is 0 Å². The first-order chi connectivity index (χ1) is 6.00. The first kappa shape index (κ1) is 9.20. The normalized spacial score (nSPS) is 24.5. The Balaban J connectivity index is 2.29. The minimum Gasteiger partial charge on any atom is -0.206 e. The third-order valence-corrected chi connectivity index (χ3v) is 3.50. The van der Waals surface area contributed by atoms with Crippen molar-refractivity contribution in [3.05, 3.63) is 34.1 Å². The molecule has 0 aliphatic heterocycles. The van der Waals surface area contributed by atoms with Gasteiger partial charge in [-0.2, -0.15) is 0 Å². The molecule has 1 aromatic rings. The van der Waals surface area contributed by atoms with Crippen molar-refractivity contribution in [1.29, 1.82) is 0 Å². The molecule has 1 saturated carbocycles. The van der Waals surface area contributed by atoms with E-state index >= 15 is 0 Å². The van der Waals surface area contributed by atoms with E-state index in [0.29, 0.717) is 15.8 Å². The maximum Gasteiger partial charge on any atom is 0.137 e. The summed E-state index contributed by atoms with van der Waals surface area (Å²) in [6, 6.07) is 5.44. The van der Waals surface area contributed by atoms with Gasteiger partial charge in [0.05, 0.1) is 4.47 Å². The molecule has 2 rings (SSSR count). The summed E-state index contributed by atoms with van der Waals surface area (Å²) in [6.45, 7) is 4.44. The van der Waals surface area contributed by atoms with Gasteiger partial charge in [-0.15, -0.1) is 0 Å². The van der Waals surface area contributed by atoms with E-state index in [4.69, 9.17) is 0 Å². The fourth-order valence-corrected chi connectivity index (χ4v) is 2.01. The highest BCUT2D eigenvalue weighted by Gasteiger charge is 2.46. The summed E-state index contributed by atoms with van der Waals surface area (Å²) in [5.41, 5.74) is 1.51. The third kappa shape index (κ3) is 1.64. The van der Waals surface area contributed by atoms with Gasteiger partial charge in [0.15, 0.2) is 0 Å². The van der Waals surface area contributed by atoms with Crippen molar-refractivity contribution in [3.63, 3.8) is 0 Å². The van der Waals surface area contributed by atoms with Crippen molar-refractivity contribution in [1.82, 2.24) is 0 Å². The van der Waals surface area contributed by atoms with Gasteiger partial charge < -0.3 is 0 Å². The summed E-state index contributed by atoms with van der Waals surface area (Å²) in [5.74, 6) is 0.398. The number of hydrogen-bond acceptors (Lipinski definition) is 0. The number of benzene rings is 1. The van der Waals surface area contributed by atoms with Gasteiger partial charge >= 0.3 is 0 Å². The lowest BCUT2D eigenvalue weighted by Gasteiger charge is -2.04. The number of rotatable bonds is 1. The molecule has 0 bridgehead atoms. The highest BCUT2D eigenvalue weighted by molar-refractivity contribution is 9.10. The summed E-state index contributed by atoms with van der Waals surface area (Å²) in [5, 5.41) is 0. The van der Waals surface area contributed by atoms with Crippen LogP contribution in [0.4, 0.5) is 4.39 Å². The van der Waals surface area contributed by atoms with Crippen LogP contribution < -0.4 is 0 Å². The smallest absolute Gasteiger partial charge is 0.137 e. The summed E-state index contributed by atoms with van der Waals surface area (Å²) >= 11 is 3.15. The number of hydrogen-bond donors (Lipinski definition) is 0. The average molecular weight is 243 g/mol. The van der Waals surface area contributed by atoms with Crippen molar-refractivity contribution >= 4 is 15.9 Å². The molecule has 1 aliphatic carbocycles. The quantitative estimate of drug-likeness (QED) is 0.696. The van der Waals surface area contributed by atoms with Crippen LogP contribution >= 0.6 is 15.9 Å². The Bertz CT molecular complexity index is 344. The van der Waals surface area contributed by atoms with Gasteiger partial charge in [-0.05, 0) is 51.4 Å². The molecule has 0 unspecified atom stereocenters. The van der Waals surface area contributed by atoms with E-state index in [1.54, 1.807) is 12.1 Å². The van der Waals surface area contributed by atoms with Crippen LogP contribution in [0.15, 0.2) is 22.7 Å². The second kappa shape index (κ2) is 2.81. The first-order valence-corrected chi connectivity index (χ1v) is 5.25. The number of halogens is 2. The summed E-state index contributed by atoms with van der Waals surface area (Å²) in [4.78, 5) is 0. The molecule has 1 aliphatic rings. The topological polar surface area (TPSA) is 0 Å². The zero-order valence-corrected chi connectivity index (χ0v) is 9.36. The molecule has 0 nitrogen and oxygen atoms in total. The molecule has 13 heavy (non-hydrogen) atoms. The summed E-state index contributed by atoms with van der Waals surface area (Å²) in [6.07, 6.45) is 1.17. The highest BCUT2D eigenvalue weighted by atomic mass is 79.9. The molecular formula is C11H12BrF. The van der Waals surface area contributed by atoms with E-state index in [1.165, 1.54) is 6.42 Å². The van der Waals surface area contributed by atoms with Crippen LogP contribution in [0, 0.1) is 11.2 Å². The van der Waals surface area contributed by atoms with E-state index in [9.17, 15) is 4.39 Å². The van der Waals surface area contributed by atoms with Crippen LogP contribution in [0.3, 0.4) is 0 Å². The summed E-state index contributed by atoms with van der Waals surface area (Å²) in [7, 11) is 0. The standard InChI is InChI=1S/C11H12BrF/c1-11(2)6-8(11)7-3-4-9(12)10(13)5-7/h3-5,8H,6H2,1-2H3/t8-/m1/s1. The minimum absolute atomic E-state index is 0.153. The Hall–Kier alpha value is -0.370. The molecule has 0 N–H and O–H groups in total. The SMILES string of the molecule is CC1(C)C[C@@H]1c1ccc(Br)c(F)c1. The zero-order valence-electron chi connectivity index (χ0n) is 7.77. The zero-order chi connectivity index (χ0) is 9.64. The molecule has 0 spiro atoms. The molecule has 2 heteroatoms. The summed E-state index contributed by atoms with van der Waals surface area (Å²) < 4.78 is 13.7. The van der Waals surface area contributed by atoms with Crippen molar-refractivity contribution in [2.45, 2.75) is 26.2 Å². The molecule has 0 heterocycles. The molecule has 70 valence electrons. The Kier molecular flexibility index (Phi) is 1.99. The van der Waals surface area contributed by atoms with Gasteiger partial charge in [0.2, 0.25) is 0 Å². The Morgan fingerprint density at radius 2 is 2.08 bits per heavy atom. The molecular weight excluding hydrogens is 231 g/mol. The maximum absolute atomic E-state index is 13.2. The van der Waals surface area contributed by atoms with E-state index in [0.717, 1.165) is 5.56 Å². The lowest BCUT2D eigenvalue weighted by Crippen LogP contribution is -1.90. The molecule has 1 aromatic carbocycles. The Labute approximate surface area is 86.3 Å². The first-order valence-electron chi connectivity index (χ1n) is 4.46. The predicted molar refractivity (Wildman–Crippen MR) is 55.2 cm³/mol. The van der Waals surface area contributed by atoms with Gasteiger partial charge in [-0.1, -0.05) is 19.9 Å². The van der Waals surface area contributed by atoms with Crippen molar-refractivity contribution < 1.29 is 4.39 Å². The second-order valence-electron chi connectivity index (χ2n) is 4.42. The van der Waals surface area contributed by atoms with Crippen molar-refractivity contribution in [2.24, 2.45) is 5.41 Å². The van der Waals surface area contributed by atoms with Crippen LogP contribution in [-0.2, 0) is 0 Å². The van der Waals surface area contributed by atoms with E-state index < -0.39 is 0 Å². The third-order valence-electron chi connectivity index (χ3n) is 2.86. The van der Waals surface area contributed by atoms with Crippen LogP contribution in [0.25, 0.3) is 0 Å². The largest absolute Gasteiger partial charge is 0.206 e. The van der Waals surface area contributed by atoms with Crippen molar-refractivity contribution in [3.8, 4) is 0 Å². The van der Waals surface area contributed by atoms with Crippen LogP contribution in [0.1, 0.15) is 31.7 Å². The average Bonchev–Trinajstić information content (AvgIpc) is 2.66. The van der Waals surface area contributed by atoms with Crippen molar-refractivity contribution in [2.75, 3.05) is 0 Å². The monoisotopic (exact) mass is 242 g/mol.